The molecule has 0 amide bonds. The van der Waals surface area contributed by atoms with Crippen LogP contribution in [0.25, 0.3) is 10.9 Å². The Balaban J connectivity index is 1.50. The summed E-state index contributed by atoms with van der Waals surface area (Å²) in [5.74, 6) is 0.738. The Morgan fingerprint density at radius 1 is 1.16 bits per heavy atom. The molecule has 8 nitrogen and oxygen atoms in total. The average Bonchev–Trinajstić information content (AvgIpc) is 3.16. The van der Waals surface area contributed by atoms with Crippen molar-refractivity contribution in [3.8, 4) is 0 Å². The fourth-order valence-corrected chi connectivity index (χ4v) is 6.30. The standard InChI is InChI=1S/C23H34N4O4S/c1-25(2)15-19(28)16-26(3)22-9-6-18-14-20(7-8-21(18)24-22)32(29,30)27-12-11-23(17-27)10-4-5-13-31-23/h6-9,14,19,28H,4-5,10-13,15-17H2,1-3H3. The minimum absolute atomic E-state index is 0.294. The highest BCUT2D eigenvalue weighted by atomic mass is 32.2. The van der Waals surface area contributed by atoms with E-state index < -0.39 is 16.1 Å². The van der Waals surface area contributed by atoms with Gasteiger partial charge >= 0.3 is 0 Å². The molecule has 2 aliphatic heterocycles. The predicted octanol–water partition coefficient (Wildman–Crippen LogP) is 1.93. The number of aromatic nitrogens is 1. The fraction of sp³-hybridized carbons (Fsp3) is 0.609. The SMILES string of the molecule is CN(C)CC(O)CN(C)c1ccc2cc(S(=O)(=O)N3CCC4(CCCCO4)C3)ccc2n1. The van der Waals surface area contributed by atoms with Gasteiger partial charge < -0.3 is 19.6 Å². The average molecular weight is 463 g/mol. The Bertz CT molecular complexity index is 1050. The maximum atomic E-state index is 13.3. The minimum Gasteiger partial charge on any atom is -0.390 e. The molecule has 1 N–H and O–H groups in total. The van der Waals surface area contributed by atoms with E-state index in [0.717, 1.165) is 49.0 Å². The van der Waals surface area contributed by atoms with Gasteiger partial charge in [-0.3, -0.25) is 0 Å². The molecule has 0 bridgehead atoms. The number of rotatable bonds is 7. The van der Waals surface area contributed by atoms with Gasteiger partial charge in [0.25, 0.3) is 0 Å². The van der Waals surface area contributed by atoms with Crippen LogP contribution in [-0.4, -0.2) is 93.3 Å². The number of pyridine rings is 1. The zero-order valence-corrected chi connectivity index (χ0v) is 20.0. The van der Waals surface area contributed by atoms with E-state index >= 15 is 0 Å². The van der Waals surface area contributed by atoms with Crippen molar-refractivity contribution in [3.63, 3.8) is 0 Å². The Morgan fingerprint density at radius 3 is 2.69 bits per heavy atom. The first-order chi connectivity index (χ1) is 15.2. The quantitative estimate of drug-likeness (QED) is 0.673. The van der Waals surface area contributed by atoms with Gasteiger partial charge in [0.15, 0.2) is 0 Å². The van der Waals surface area contributed by atoms with E-state index in [0.29, 0.717) is 31.1 Å². The molecule has 3 heterocycles. The van der Waals surface area contributed by atoms with Crippen LogP contribution in [0.4, 0.5) is 5.82 Å². The molecule has 1 spiro atoms. The third kappa shape index (κ3) is 4.92. The smallest absolute Gasteiger partial charge is 0.243 e. The molecule has 9 heteroatoms. The Labute approximate surface area is 190 Å². The monoisotopic (exact) mass is 462 g/mol. The van der Waals surface area contributed by atoms with Gasteiger partial charge in [-0.2, -0.15) is 4.31 Å². The largest absolute Gasteiger partial charge is 0.390 e. The van der Waals surface area contributed by atoms with Crippen molar-refractivity contribution in [3.05, 3.63) is 30.3 Å². The second-order valence-corrected chi connectivity index (χ2v) is 11.3. The summed E-state index contributed by atoms with van der Waals surface area (Å²) in [6.45, 7) is 2.69. The number of hydrogen-bond donors (Lipinski definition) is 1. The number of aliphatic hydroxyl groups excluding tert-OH is 1. The zero-order valence-electron chi connectivity index (χ0n) is 19.2. The summed E-state index contributed by atoms with van der Waals surface area (Å²) in [5.41, 5.74) is 0.421. The molecule has 2 aromatic rings. The summed E-state index contributed by atoms with van der Waals surface area (Å²) in [4.78, 5) is 8.81. The second kappa shape index (κ2) is 9.23. The molecule has 32 heavy (non-hydrogen) atoms. The first-order valence-corrected chi connectivity index (χ1v) is 12.7. The second-order valence-electron chi connectivity index (χ2n) is 9.40. The van der Waals surface area contributed by atoms with E-state index in [1.807, 2.05) is 43.1 Å². The van der Waals surface area contributed by atoms with E-state index in [9.17, 15) is 13.5 Å². The molecule has 1 aromatic heterocycles. The Morgan fingerprint density at radius 2 is 1.97 bits per heavy atom. The third-order valence-corrected chi connectivity index (χ3v) is 8.29. The minimum atomic E-state index is -3.58. The molecular weight excluding hydrogens is 428 g/mol. The van der Waals surface area contributed by atoms with Gasteiger partial charge in [-0.1, -0.05) is 0 Å². The Kier molecular flexibility index (Phi) is 6.74. The molecule has 2 fully saturated rings. The van der Waals surface area contributed by atoms with Crippen LogP contribution >= 0.6 is 0 Å². The summed E-state index contributed by atoms with van der Waals surface area (Å²) >= 11 is 0. The van der Waals surface area contributed by atoms with Crippen LogP contribution in [-0.2, 0) is 14.8 Å². The highest BCUT2D eigenvalue weighted by Crippen LogP contribution is 2.36. The maximum Gasteiger partial charge on any atom is 0.243 e. The van der Waals surface area contributed by atoms with Crippen LogP contribution in [0.3, 0.4) is 0 Å². The maximum absolute atomic E-state index is 13.3. The summed E-state index contributed by atoms with van der Waals surface area (Å²) in [6, 6.07) is 8.86. The number of aliphatic hydroxyl groups is 1. The van der Waals surface area contributed by atoms with Crippen LogP contribution in [0.2, 0.25) is 0 Å². The zero-order chi connectivity index (χ0) is 22.9. The van der Waals surface area contributed by atoms with Gasteiger partial charge in [0.1, 0.15) is 5.82 Å². The van der Waals surface area contributed by atoms with Crippen LogP contribution < -0.4 is 4.90 Å². The lowest BCUT2D eigenvalue weighted by Gasteiger charge is -2.33. The topological polar surface area (TPSA) is 86.2 Å². The summed E-state index contributed by atoms with van der Waals surface area (Å²) in [5, 5.41) is 11.0. The van der Waals surface area contributed by atoms with Crippen molar-refractivity contribution < 1.29 is 18.3 Å². The van der Waals surface area contributed by atoms with Gasteiger partial charge in [-0.05, 0) is 70.1 Å². The predicted molar refractivity (Wildman–Crippen MR) is 125 cm³/mol. The van der Waals surface area contributed by atoms with Gasteiger partial charge in [0, 0.05) is 45.2 Å². The molecule has 0 saturated carbocycles. The van der Waals surface area contributed by atoms with E-state index in [1.54, 1.807) is 22.5 Å². The molecule has 2 aliphatic rings. The van der Waals surface area contributed by atoms with Crippen LogP contribution in [0.1, 0.15) is 25.7 Å². The van der Waals surface area contributed by atoms with Gasteiger partial charge in [0.2, 0.25) is 10.0 Å². The fourth-order valence-electron chi connectivity index (χ4n) is 4.75. The number of ether oxygens (including phenoxy) is 1. The first kappa shape index (κ1) is 23.4. The van der Waals surface area contributed by atoms with Crippen molar-refractivity contribution in [2.24, 2.45) is 0 Å². The molecule has 176 valence electrons. The van der Waals surface area contributed by atoms with Crippen LogP contribution in [0.15, 0.2) is 35.2 Å². The van der Waals surface area contributed by atoms with Crippen LogP contribution in [0.5, 0.6) is 0 Å². The molecule has 2 unspecified atom stereocenters. The van der Waals surface area contributed by atoms with Crippen molar-refractivity contribution in [1.29, 1.82) is 0 Å². The highest BCUT2D eigenvalue weighted by Gasteiger charge is 2.44. The van der Waals surface area contributed by atoms with Gasteiger partial charge in [-0.15, -0.1) is 0 Å². The third-order valence-electron chi connectivity index (χ3n) is 6.45. The van der Waals surface area contributed by atoms with E-state index in [-0.39, 0.29) is 5.60 Å². The lowest BCUT2D eigenvalue weighted by Crippen LogP contribution is -2.40. The van der Waals surface area contributed by atoms with E-state index in [2.05, 4.69) is 4.98 Å². The van der Waals surface area contributed by atoms with Crippen LogP contribution in [0, 0.1) is 0 Å². The molecule has 1 aromatic carbocycles. The molecule has 2 saturated heterocycles. The number of benzene rings is 1. The molecule has 0 radical (unpaired) electrons. The number of nitrogens with zero attached hydrogens (tertiary/aromatic N) is 4. The summed E-state index contributed by atoms with van der Waals surface area (Å²) < 4.78 is 34.2. The van der Waals surface area contributed by atoms with Gasteiger partial charge in [-0.25, -0.2) is 13.4 Å². The molecule has 2 atom stereocenters. The van der Waals surface area contributed by atoms with E-state index in [1.165, 1.54) is 0 Å². The lowest BCUT2D eigenvalue weighted by atomic mass is 9.93. The number of sulfonamides is 1. The van der Waals surface area contributed by atoms with E-state index in [4.69, 9.17) is 4.74 Å². The number of anilines is 1. The lowest BCUT2D eigenvalue weighted by molar-refractivity contribution is -0.0664. The van der Waals surface area contributed by atoms with Crippen molar-refractivity contribution in [2.75, 3.05) is 58.8 Å². The van der Waals surface area contributed by atoms with Crippen molar-refractivity contribution in [1.82, 2.24) is 14.2 Å². The van der Waals surface area contributed by atoms with Crippen molar-refractivity contribution in [2.45, 2.75) is 42.3 Å². The highest BCUT2D eigenvalue weighted by molar-refractivity contribution is 7.89. The van der Waals surface area contributed by atoms with Gasteiger partial charge in [0.05, 0.1) is 22.1 Å². The van der Waals surface area contributed by atoms with Crippen molar-refractivity contribution >= 4 is 26.7 Å². The number of fused-ring (bicyclic) bond motifs is 1. The summed E-state index contributed by atoms with van der Waals surface area (Å²) in [7, 11) is 2.16. The first-order valence-electron chi connectivity index (χ1n) is 11.3. The molecular formula is C23H34N4O4S. The normalized spacial score (nSPS) is 23.3. The molecule has 0 aliphatic carbocycles. The number of hydrogen-bond acceptors (Lipinski definition) is 7. The Hall–Kier alpha value is -1.78. The summed E-state index contributed by atoms with van der Waals surface area (Å²) in [6.07, 6.45) is 3.35. The number of likely N-dealkylation sites (N-methyl/N-ethyl adjacent to an activating group) is 2. The molecule has 4 rings (SSSR count).